The summed E-state index contributed by atoms with van der Waals surface area (Å²) < 4.78 is 4.87. The molecule has 10 nitrogen and oxygen atoms in total. The lowest BCUT2D eigenvalue weighted by molar-refractivity contribution is -0.130. The van der Waals surface area contributed by atoms with E-state index in [0.29, 0.717) is 6.42 Å². The van der Waals surface area contributed by atoms with Crippen LogP contribution in [0.25, 0.3) is 0 Å². The average Bonchev–Trinajstić information content (AvgIpc) is 3.81. The summed E-state index contributed by atoms with van der Waals surface area (Å²) in [7, 11) is 0. The van der Waals surface area contributed by atoms with Gasteiger partial charge in [0.15, 0.2) is 0 Å². The number of hydrogen-bond acceptors (Lipinski definition) is 6. The maximum absolute atomic E-state index is 13.9. The van der Waals surface area contributed by atoms with Crippen LogP contribution in [0.3, 0.4) is 0 Å². The van der Waals surface area contributed by atoms with E-state index in [1.807, 2.05) is 60.7 Å². The Labute approximate surface area is 245 Å². The van der Waals surface area contributed by atoms with Gasteiger partial charge < -0.3 is 25.8 Å². The van der Waals surface area contributed by atoms with Crippen LogP contribution in [-0.2, 0) is 29.1 Å². The second kappa shape index (κ2) is 14.8. The highest BCUT2D eigenvalue weighted by Gasteiger charge is 2.33. The summed E-state index contributed by atoms with van der Waals surface area (Å²) in [6, 6.07) is 24.6. The zero-order chi connectivity index (χ0) is 29.9. The molecule has 0 bridgehead atoms. The predicted octanol–water partition coefficient (Wildman–Crippen LogP) is 3.61. The maximum atomic E-state index is 13.9. The van der Waals surface area contributed by atoms with Crippen molar-refractivity contribution in [2.24, 2.45) is 11.7 Å². The normalized spacial score (nSPS) is 13.1. The molecule has 4 rings (SSSR count). The zero-order valence-corrected chi connectivity index (χ0v) is 23.4. The number of imide groups is 1. The van der Waals surface area contributed by atoms with Crippen molar-refractivity contribution in [3.05, 3.63) is 102 Å². The van der Waals surface area contributed by atoms with Crippen LogP contribution in [0.1, 0.15) is 36.0 Å². The summed E-state index contributed by atoms with van der Waals surface area (Å²) >= 11 is 0. The van der Waals surface area contributed by atoms with E-state index in [1.165, 1.54) is 9.80 Å². The summed E-state index contributed by atoms with van der Waals surface area (Å²) in [6.45, 7) is 0.149. The number of aliphatic hydroxyl groups excluding tert-OH is 1. The number of hydrogen-bond donors (Lipinski definition) is 3. The summed E-state index contributed by atoms with van der Waals surface area (Å²) in [5.41, 5.74) is 7.55. The third-order valence-electron chi connectivity index (χ3n) is 6.95. The Morgan fingerprint density at radius 3 is 2.10 bits per heavy atom. The molecule has 1 saturated carbocycles. The first kappa shape index (κ1) is 30.3. The summed E-state index contributed by atoms with van der Waals surface area (Å²) in [6.07, 6.45) is 0.0974. The standard InChI is InChI=1S/C32H36N4O6/c33-31(40)42-27-15-13-23(14-16-27)17-18-36(29(38)19-24-11-12-24)32(41)35(21-26-9-5-2-6-10-26)22-28(37)30(39)34-20-25-7-3-1-4-8-25/h1-10,13-16,24,28,37H,11-12,17-22H2,(H2,33,40)(H,34,39)/t28-/m0/s1. The van der Waals surface area contributed by atoms with Crippen LogP contribution < -0.4 is 15.8 Å². The molecule has 0 radical (unpaired) electrons. The Kier molecular flexibility index (Phi) is 10.7. The van der Waals surface area contributed by atoms with Crippen LogP contribution in [0, 0.1) is 5.92 Å². The zero-order valence-electron chi connectivity index (χ0n) is 23.4. The van der Waals surface area contributed by atoms with Gasteiger partial charge in [-0.25, -0.2) is 9.59 Å². The average molecular weight is 573 g/mol. The van der Waals surface area contributed by atoms with E-state index in [4.69, 9.17) is 10.5 Å². The van der Waals surface area contributed by atoms with E-state index in [0.717, 1.165) is 29.5 Å². The minimum Gasteiger partial charge on any atom is -0.411 e. The van der Waals surface area contributed by atoms with E-state index in [1.54, 1.807) is 24.3 Å². The number of benzene rings is 3. The van der Waals surface area contributed by atoms with Gasteiger partial charge in [-0.15, -0.1) is 0 Å². The molecule has 3 aromatic rings. The number of nitrogens with two attached hydrogens (primary N) is 1. The predicted molar refractivity (Wildman–Crippen MR) is 156 cm³/mol. The molecule has 4 N–H and O–H groups in total. The molecule has 42 heavy (non-hydrogen) atoms. The van der Waals surface area contributed by atoms with Crippen molar-refractivity contribution in [3.8, 4) is 5.75 Å². The van der Waals surface area contributed by atoms with Crippen molar-refractivity contribution >= 4 is 23.9 Å². The number of nitrogens with one attached hydrogen (secondary N) is 1. The number of aliphatic hydroxyl groups is 1. The molecule has 10 heteroatoms. The lowest BCUT2D eigenvalue weighted by Crippen LogP contribution is -2.51. The number of nitrogens with zero attached hydrogens (tertiary/aromatic N) is 2. The fourth-order valence-corrected chi connectivity index (χ4v) is 4.47. The van der Waals surface area contributed by atoms with Crippen molar-refractivity contribution in [1.82, 2.24) is 15.1 Å². The van der Waals surface area contributed by atoms with Crippen molar-refractivity contribution in [2.45, 2.75) is 44.9 Å². The molecule has 0 aliphatic heterocycles. The molecule has 220 valence electrons. The van der Waals surface area contributed by atoms with E-state index in [9.17, 15) is 24.3 Å². The molecular weight excluding hydrogens is 536 g/mol. The molecular formula is C32H36N4O6. The third kappa shape index (κ3) is 9.45. The molecule has 1 fully saturated rings. The number of rotatable bonds is 13. The SMILES string of the molecule is NC(=O)Oc1ccc(CCN(C(=O)CC2CC2)C(=O)N(Cc2ccccc2)C[C@H](O)C(=O)NCc2ccccc2)cc1. The van der Waals surface area contributed by atoms with Gasteiger partial charge in [-0.05, 0) is 54.0 Å². The van der Waals surface area contributed by atoms with Crippen molar-refractivity contribution < 1.29 is 29.0 Å². The topological polar surface area (TPSA) is 142 Å². The number of amides is 5. The highest BCUT2D eigenvalue weighted by molar-refractivity contribution is 5.95. The van der Waals surface area contributed by atoms with Crippen LogP contribution >= 0.6 is 0 Å². The lowest BCUT2D eigenvalue weighted by atomic mass is 10.1. The fraction of sp³-hybridized carbons (Fsp3) is 0.312. The van der Waals surface area contributed by atoms with Gasteiger partial charge in [0.1, 0.15) is 11.9 Å². The molecule has 5 amide bonds. The highest BCUT2D eigenvalue weighted by Crippen LogP contribution is 2.33. The lowest BCUT2D eigenvalue weighted by Gasteiger charge is -2.31. The van der Waals surface area contributed by atoms with Crippen molar-refractivity contribution in [1.29, 1.82) is 0 Å². The van der Waals surface area contributed by atoms with Gasteiger partial charge in [0.2, 0.25) is 5.91 Å². The van der Waals surface area contributed by atoms with Crippen LogP contribution in [0.5, 0.6) is 5.75 Å². The van der Waals surface area contributed by atoms with Gasteiger partial charge in [0.25, 0.3) is 5.91 Å². The summed E-state index contributed by atoms with van der Waals surface area (Å²) in [4.78, 5) is 53.6. The van der Waals surface area contributed by atoms with Crippen LogP contribution in [-0.4, -0.2) is 58.0 Å². The monoisotopic (exact) mass is 572 g/mol. The number of primary amides is 1. The Morgan fingerprint density at radius 2 is 1.50 bits per heavy atom. The van der Waals surface area contributed by atoms with E-state index >= 15 is 0 Å². The van der Waals surface area contributed by atoms with Crippen LogP contribution in [0.4, 0.5) is 9.59 Å². The molecule has 1 atom stereocenters. The van der Waals surface area contributed by atoms with Gasteiger partial charge >= 0.3 is 12.1 Å². The first-order valence-corrected chi connectivity index (χ1v) is 14.0. The Bertz CT molecular complexity index is 1350. The smallest absolute Gasteiger partial charge is 0.409 e. The van der Waals surface area contributed by atoms with Gasteiger partial charge in [-0.3, -0.25) is 14.5 Å². The first-order chi connectivity index (χ1) is 20.3. The number of urea groups is 1. The summed E-state index contributed by atoms with van der Waals surface area (Å²) in [5.74, 6) is -0.358. The van der Waals surface area contributed by atoms with Crippen LogP contribution in [0.2, 0.25) is 0 Å². The van der Waals surface area contributed by atoms with E-state index in [2.05, 4.69) is 5.32 Å². The Hall–Kier alpha value is -4.70. The third-order valence-corrected chi connectivity index (χ3v) is 6.95. The Morgan fingerprint density at radius 1 is 0.881 bits per heavy atom. The maximum Gasteiger partial charge on any atom is 0.409 e. The van der Waals surface area contributed by atoms with Gasteiger partial charge in [-0.1, -0.05) is 72.8 Å². The summed E-state index contributed by atoms with van der Waals surface area (Å²) in [5, 5.41) is 13.5. The molecule has 0 unspecified atom stereocenters. The van der Waals surface area contributed by atoms with Crippen molar-refractivity contribution in [3.63, 3.8) is 0 Å². The molecule has 1 aliphatic carbocycles. The minimum atomic E-state index is -1.50. The largest absolute Gasteiger partial charge is 0.411 e. The number of carbonyl (C=O) groups excluding carboxylic acids is 4. The van der Waals surface area contributed by atoms with Crippen LogP contribution in [0.15, 0.2) is 84.9 Å². The Balaban J connectivity index is 1.48. The number of ether oxygens (including phenoxy) is 1. The molecule has 1 aliphatic rings. The second-order valence-electron chi connectivity index (χ2n) is 10.4. The molecule has 3 aromatic carbocycles. The van der Waals surface area contributed by atoms with E-state index in [-0.39, 0.29) is 50.2 Å². The van der Waals surface area contributed by atoms with Gasteiger partial charge in [0, 0.05) is 26.1 Å². The van der Waals surface area contributed by atoms with E-state index < -0.39 is 24.1 Å². The molecule has 0 saturated heterocycles. The molecule has 0 aromatic heterocycles. The fourth-order valence-electron chi connectivity index (χ4n) is 4.47. The molecule has 0 heterocycles. The quantitative estimate of drug-likeness (QED) is 0.286. The number of carbonyl (C=O) groups is 4. The second-order valence-corrected chi connectivity index (χ2v) is 10.4. The highest BCUT2D eigenvalue weighted by atomic mass is 16.5. The first-order valence-electron chi connectivity index (χ1n) is 14.0. The van der Waals surface area contributed by atoms with Crippen molar-refractivity contribution in [2.75, 3.05) is 13.1 Å². The molecule has 0 spiro atoms. The minimum absolute atomic E-state index is 0.0992. The van der Waals surface area contributed by atoms with Gasteiger partial charge in [-0.2, -0.15) is 0 Å². The van der Waals surface area contributed by atoms with Gasteiger partial charge in [0.05, 0.1) is 6.54 Å².